The zero-order chi connectivity index (χ0) is 16.8. The van der Waals surface area contributed by atoms with Gasteiger partial charge in [-0.25, -0.2) is 9.37 Å². The zero-order valence-electron chi connectivity index (χ0n) is 13.3. The monoisotopic (exact) mass is 341 g/mol. The summed E-state index contributed by atoms with van der Waals surface area (Å²) in [6.45, 7) is 4.31. The summed E-state index contributed by atoms with van der Waals surface area (Å²) in [5.74, 6) is 1.14. The molecule has 0 fully saturated rings. The van der Waals surface area contributed by atoms with Gasteiger partial charge in [0.2, 0.25) is 0 Å². The van der Waals surface area contributed by atoms with Crippen LogP contribution in [0.4, 0.5) is 4.39 Å². The van der Waals surface area contributed by atoms with E-state index < -0.39 is 0 Å². The van der Waals surface area contributed by atoms with Gasteiger partial charge in [-0.2, -0.15) is 0 Å². The molecule has 0 aliphatic carbocycles. The van der Waals surface area contributed by atoms with E-state index in [9.17, 15) is 9.18 Å². The third kappa shape index (κ3) is 2.38. The molecule has 0 atom stereocenters. The number of hydrogen-bond acceptors (Lipinski definition) is 3. The largest absolute Gasteiger partial charge is 0.332 e. The van der Waals surface area contributed by atoms with Gasteiger partial charge in [-0.1, -0.05) is 25.6 Å². The van der Waals surface area contributed by atoms with Crippen LogP contribution in [-0.4, -0.2) is 20.7 Å². The molecule has 0 radical (unpaired) electrons. The smallest absolute Gasteiger partial charge is 0.256 e. The summed E-state index contributed by atoms with van der Waals surface area (Å²) in [4.78, 5) is 23.1. The minimum atomic E-state index is -0.361. The molecule has 0 saturated heterocycles. The first kappa shape index (κ1) is 15.2. The van der Waals surface area contributed by atoms with E-state index in [4.69, 9.17) is 0 Å². The fourth-order valence-corrected chi connectivity index (χ4v) is 3.76. The molecule has 2 N–H and O–H groups in total. The first-order valence-corrected chi connectivity index (χ1v) is 8.78. The van der Waals surface area contributed by atoms with Crippen LogP contribution in [-0.2, 0) is 0 Å². The van der Waals surface area contributed by atoms with E-state index in [1.165, 1.54) is 12.1 Å². The SMILES string of the molecule is CC(C)CSc1nc2c3cc[nH]c(=O)c3c3cc(F)ccc3c2[nH]1. The maximum atomic E-state index is 13.8. The predicted molar refractivity (Wildman–Crippen MR) is 97.2 cm³/mol. The summed E-state index contributed by atoms with van der Waals surface area (Å²) >= 11 is 1.65. The molecule has 2 aromatic carbocycles. The molecule has 2 aromatic heterocycles. The Bertz CT molecular complexity index is 1130. The van der Waals surface area contributed by atoms with E-state index >= 15 is 0 Å². The van der Waals surface area contributed by atoms with Crippen LogP contribution >= 0.6 is 11.8 Å². The molecular weight excluding hydrogens is 325 g/mol. The second-order valence-electron chi connectivity index (χ2n) is 6.26. The molecule has 0 saturated carbocycles. The van der Waals surface area contributed by atoms with Gasteiger partial charge < -0.3 is 9.97 Å². The Kier molecular flexibility index (Phi) is 3.57. The highest BCUT2D eigenvalue weighted by molar-refractivity contribution is 7.99. The van der Waals surface area contributed by atoms with E-state index in [1.807, 2.05) is 6.07 Å². The van der Waals surface area contributed by atoms with Crippen molar-refractivity contribution in [2.24, 2.45) is 5.92 Å². The fourth-order valence-electron chi connectivity index (χ4n) is 2.94. The Morgan fingerprint density at radius 1 is 1.21 bits per heavy atom. The van der Waals surface area contributed by atoms with Gasteiger partial charge in [0.1, 0.15) is 5.82 Å². The third-order valence-electron chi connectivity index (χ3n) is 3.97. The van der Waals surface area contributed by atoms with Crippen molar-refractivity contribution in [3.63, 3.8) is 0 Å². The van der Waals surface area contributed by atoms with Crippen LogP contribution in [0.3, 0.4) is 0 Å². The molecule has 122 valence electrons. The number of thioether (sulfide) groups is 1. The summed E-state index contributed by atoms with van der Waals surface area (Å²) in [6.07, 6.45) is 1.60. The number of nitrogens with zero attached hydrogens (tertiary/aromatic N) is 1. The number of H-pyrrole nitrogens is 2. The molecule has 0 spiro atoms. The summed E-state index contributed by atoms with van der Waals surface area (Å²) < 4.78 is 13.8. The highest BCUT2D eigenvalue weighted by atomic mass is 32.2. The number of rotatable bonds is 3. The van der Waals surface area contributed by atoms with Crippen LogP contribution in [0.2, 0.25) is 0 Å². The molecule has 0 amide bonds. The first-order chi connectivity index (χ1) is 11.5. The van der Waals surface area contributed by atoms with Gasteiger partial charge >= 0.3 is 0 Å². The van der Waals surface area contributed by atoms with Crippen LogP contribution in [0, 0.1) is 11.7 Å². The number of aromatic amines is 2. The van der Waals surface area contributed by atoms with Gasteiger partial charge in [0.25, 0.3) is 5.56 Å². The first-order valence-electron chi connectivity index (χ1n) is 7.79. The molecule has 2 heterocycles. The van der Waals surface area contributed by atoms with Crippen LogP contribution in [0.15, 0.2) is 40.4 Å². The molecule has 4 aromatic rings. The number of benzene rings is 2. The Labute approximate surface area is 141 Å². The van der Waals surface area contributed by atoms with Gasteiger partial charge in [0.15, 0.2) is 5.16 Å². The van der Waals surface area contributed by atoms with Gasteiger partial charge in [-0.05, 0) is 30.2 Å². The van der Waals surface area contributed by atoms with Crippen molar-refractivity contribution in [3.05, 3.63) is 46.6 Å². The number of fused-ring (bicyclic) bond motifs is 6. The summed E-state index contributed by atoms with van der Waals surface area (Å²) in [5.41, 5.74) is 1.36. The molecule has 0 aliphatic rings. The van der Waals surface area contributed by atoms with E-state index in [1.54, 1.807) is 24.0 Å². The lowest BCUT2D eigenvalue weighted by molar-refractivity contribution is 0.630. The molecule has 6 heteroatoms. The quantitative estimate of drug-likeness (QED) is 0.428. The van der Waals surface area contributed by atoms with Gasteiger partial charge in [-0.3, -0.25) is 4.79 Å². The standard InChI is InChI=1S/C18H16FN3OS/c1-9(2)8-24-18-21-15-11-4-3-10(19)7-13(11)14-12(16(15)22-18)5-6-20-17(14)23/h3-7,9H,8H2,1-2H3,(H,20,23)(H,21,22). The second kappa shape index (κ2) is 5.63. The molecule has 0 aliphatic heterocycles. The van der Waals surface area contributed by atoms with E-state index in [0.717, 1.165) is 32.7 Å². The second-order valence-corrected chi connectivity index (χ2v) is 7.26. The summed E-state index contributed by atoms with van der Waals surface area (Å²) in [5, 5.41) is 3.44. The Morgan fingerprint density at radius 3 is 2.83 bits per heavy atom. The van der Waals surface area contributed by atoms with Gasteiger partial charge in [-0.15, -0.1) is 0 Å². The molecule has 0 unspecified atom stereocenters. The average Bonchev–Trinajstić information content (AvgIpc) is 2.97. The maximum absolute atomic E-state index is 13.8. The van der Waals surface area contributed by atoms with E-state index in [2.05, 4.69) is 28.8 Å². The highest BCUT2D eigenvalue weighted by Gasteiger charge is 2.15. The summed E-state index contributed by atoms with van der Waals surface area (Å²) in [7, 11) is 0. The van der Waals surface area contributed by atoms with Crippen LogP contribution < -0.4 is 5.56 Å². The van der Waals surface area contributed by atoms with Crippen molar-refractivity contribution >= 4 is 44.3 Å². The Morgan fingerprint density at radius 2 is 2.04 bits per heavy atom. The topological polar surface area (TPSA) is 61.5 Å². The molecule has 4 nitrogen and oxygen atoms in total. The lowest BCUT2D eigenvalue weighted by atomic mass is 10.0. The maximum Gasteiger partial charge on any atom is 0.256 e. The highest BCUT2D eigenvalue weighted by Crippen LogP contribution is 2.34. The van der Waals surface area contributed by atoms with Gasteiger partial charge in [0.05, 0.1) is 16.4 Å². The van der Waals surface area contributed by atoms with Crippen molar-refractivity contribution < 1.29 is 4.39 Å². The predicted octanol–water partition coefficient (Wildman–Crippen LogP) is 4.44. The Balaban J connectivity index is 2.12. The van der Waals surface area contributed by atoms with Crippen molar-refractivity contribution in [2.75, 3.05) is 5.75 Å². The average molecular weight is 341 g/mol. The van der Waals surface area contributed by atoms with Crippen molar-refractivity contribution in [3.8, 4) is 0 Å². The minimum absolute atomic E-state index is 0.232. The van der Waals surface area contributed by atoms with Crippen molar-refractivity contribution in [1.29, 1.82) is 0 Å². The number of nitrogens with one attached hydrogen (secondary N) is 2. The van der Waals surface area contributed by atoms with E-state index in [-0.39, 0.29) is 11.4 Å². The Hall–Kier alpha value is -2.34. The van der Waals surface area contributed by atoms with Crippen molar-refractivity contribution in [2.45, 2.75) is 19.0 Å². The minimum Gasteiger partial charge on any atom is -0.332 e. The number of aromatic nitrogens is 3. The van der Waals surface area contributed by atoms with Gasteiger partial charge in [0, 0.05) is 28.1 Å². The summed E-state index contributed by atoms with van der Waals surface area (Å²) in [6, 6.07) is 6.34. The van der Waals surface area contributed by atoms with Crippen LogP contribution in [0.25, 0.3) is 32.6 Å². The van der Waals surface area contributed by atoms with E-state index in [0.29, 0.717) is 16.7 Å². The fraction of sp³-hybridized carbons (Fsp3) is 0.222. The van der Waals surface area contributed by atoms with Crippen LogP contribution in [0.1, 0.15) is 13.8 Å². The number of pyridine rings is 1. The molecule has 24 heavy (non-hydrogen) atoms. The normalized spacial score (nSPS) is 12.0. The number of hydrogen-bond donors (Lipinski definition) is 2. The lowest BCUT2D eigenvalue weighted by Crippen LogP contribution is -2.05. The lowest BCUT2D eigenvalue weighted by Gasteiger charge is -2.05. The number of halogens is 1. The number of imidazole rings is 1. The van der Waals surface area contributed by atoms with Crippen molar-refractivity contribution in [1.82, 2.24) is 15.0 Å². The zero-order valence-corrected chi connectivity index (χ0v) is 14.1. The molecule has 4 rings (SSSR count). The molecular formula is C18H16FN3OS. The third-order valence-corrected chi connectivity index (χ3v) is 5.27. The van der Waals surface area contributed by atoms with Crippen LogP contribution in [0.5, 0.6) is 0 Å². The molecule has 0 bridgehead atoms.